The molecule has 0 bridgehead atoms. The molecule has 0 aromatic carbocycles. The zero-order chi connectivity index (χ0) is 11.4. The van der Waals surface area contributed by atoms with Crippen molar-refractivity contribution in [2.45, 2.75) is 32.7 Å². The second-order valence-electron chi connectivity index (χ2n) is 3.85. The summed E-state index contributed by atoms with van der Waals surface area (Å²) >= 11 is 0. The van der Waals surface area contributed by atoms with Gasteiger partial charge in [0.2, 0.25) is 0 Å². The minimum atomic E-state index is -0.851. The Morgan fingerprint density at radius 2 is 2.33 bits per heavy atom. The second kappa shape index (κ2) is 4.82. The molecule has 0 spiro atoms. The molecule has 3 nitrogen and oxygen atoms in total. The maximum Gasteiger partial charge on any atom is 0.337 e. The Kier molecular flexibility index (Phi) is 3.72. The molecule has 0 aliphatic heterocycles. The number of aromatic nitrogens is 1. The molecule has 0 fully saturated rings. The van der Waals surface area contributed by atoms with E-state index in [4.69, 9.17) is 5.11 Å². The fraction of sp³-hybridized carbons (Fsp3) is 0.417. The summed E-state index contributed by atoms with van der Waals surface area (Å²) in [6.07, 6.45) is 4.53. The summed E-state index contributed by atoms with van der Waals surface area (Å²) in [4.78, 5) is 11.0. The Bertz CT molecular complexity index is 364. The van der Waals surface area contributed by atoms with E-state index in [1.807, 2.05) is 30.7 Å². The molecule has 0 aliphatic rings. The van der Waals surface area contributed by atoms with E-state index >= 15 is 0 Å². The van der Waals surface area contributed by atoms with E-state index in [0.717, 1.165) is 18.7 Å². The van der Waals surface area contributed by atoms with Crippen molar-refractivity contribution in [3.8, 4) is 0 Å². The van der Waals surface area contributed by atoms with Crippen LogP contribution in [0.4, 0.5) is 0 Å². The smallest absolute Gasteiger partial charge is 0.337 e. The van der Waals surface area contributed by atoms with Crippen LogP contribution in [0.5, 0.6) is 0 Å². The van der Waals surface area contributed by atoms with Crippen LogP contribution in [0.1, 0.15) is 42.2 Å². The lowest BCUT2D eigenvalue weighted by molar-refractivity contribution is 0.0695. The number of hydrogen-bond donors (Lipinski definition) is 1. The molecule has 1 aromatic rings. The number of nitrogens with zero attached hydrogens (tertiary/aromatic N) is 1. The van der Waals surface area contributed by atoms with Gasteiger partial charge in [0.05, 0.1) is 5.56 Å². The van der Waals surface area contributed by atoms with Crippen LogP contribution in [-0.2, 0) is 6.54 Å². The van der Waals surface area contributed by atoms with Crippen LogP contribution >= 0.6 is 0 Å². The van der Waals surface area contributed by atoms with Gasteiger partial charge in [-0.25, -0.2) is 4.79 Å². The van der Waals surface area contributed by atoms with Crippen LogP contribution in [0.2, 0.25) is 0 Å². The van der Waals surface area contributed by atoms with Gasteiger partial charge in [0.15, 0.2) is 0 Å². The maximum absolute atomic E-state index is 11.0. The molecule has 0 saturated heterocycles. The molecule has 0 radical (unpaired) electrons. The van der Waals surface area contributed by atoms with Crippen LogP contribution in [-0.4, -0.2) is 15.6 Å². The Morgan fingerprint density at radius 1 is 1.67 bits per heavy atom. The first kappa shape index (κ1) is 11.6. The molecule has 1 heterocycles. The van der Waals surface area contributed by atoms with E-state index in [1.54, 1.807) is 6.07 Å². The van der Waals surface area contributed by atoms with Gasteiger partial charge in [-0.3, -0.25) is 0 Å². The lowest BCUT2D eigenvalue weighted by Crippen LogP contribution is -2.08. The average Bonchev–Trinajstić information content (AvgIpc) is 2.58. The van der Waals surface area contributed by atoms with E-state index in [-0.39, 0.29) is 5.92 Å². The average molecular weight is 207 g/mol. The maximum atomic E-state index is 11.0. The van der Waals surface area contributed by atoms with Crippen LogP contribution in [0.3, 0.4) is 0 Å². The highest BCUT2D eigenvalue weighted by atomic mass is 16.4. The lowest BCUT2D eigenvalue weighted by atomic mass is 10.1. The number of allylic oxidation sites excluding steroid dienone is 1. The molecule has 1 rings (SSSR count). The molecule has 82 valence electrons. The van der Waals surface area contributed by atoms with E-state index in [1.165, 1.54) is 0 Å². The summed E-state index contributed by atoms with van der Waals surface area (Å²) in [6.45, 7) is 8.47. The summed E-state index contributed by atoms with van der Waals surface area (Å²) in [7, 11) is 0. The monoisotopic (exact) mass is 207 g/mol. The summed E-state index contributed by atoms with van der Waals surface area (Å²) in [5.41, 5.74) is 1.30. The second-order valence-corrected chi connectivity index (χ2v) is 3.85. The summed E-state index contributed by atoms with van der Waals surface area (Å²) < 4.78 is 2.00. The molecule has 0 amide bonds. The molecular weight excluding hydrogens is 190 g/mol. The van der Waals surface area contributed by atoms with Gasteiger partial charge in [0.25, 0.3) is 0 Å². The lowest BCUT2D eigenvalue weighted by Gasteiger charge is -2.12. The fourth-order valence-electron chi connectivity index (χ4n) is 1.73. The normalized spacial score (nSPS) is 10.6. The van der Waals surface area contributed by atoms with Crippen molar-refractivity contribution < 1.29 is 9.90 Å². The van der Waals surface area contributed by atoms with E-state index < -0.39 is 5.97 Å². The number of rotatable bonds is 5. The Morgan fingerprint density at radius 3 is 2.80 bits per heavy atom. The molecule has 3 heteroatoms. The summed E-state index contributed by atoms with van der Waals surface area (Å²) in [6, 6.07) is 1.67. The van der Waals surface area contributed by atoms with Crippen molar-refractivity contribution in [3.63, 3.8) is 0 Å². The molecule has 1 aromatic heterocycles. The van der Waals surface area contributed by atoms with Crippen molar-refractivity contribution >= 4 is 5.97 Å². The van der Waals surface area contributed by atoms with Crippen LogP contribution in [0.25, 0.3) is 0 Å². The van der Waals surface area contributed by atoms with Gasteiger partial charge < -0.3 is 9.67 Å². The van der Waals surface area contributed by atoms with Gasteiger partial charge >= 0.3 is 5.97 Å². The standard InChI is InChI=1S/C12H17NO2/c1-4-5-7-13-8-6-10(12(14)15)11(13)9(2)3/h4,6,8-9H,1,5,7H2,2-3H3,(H,14,15). The highest BCUT2D eigenvalue weighted by Crippen LogP contribution is 2.21. The van der Waals surface area contributed by atoms with Crippen molar-refractivity contribution in [2.75, 3.05) is 0 Å². The number of aromatic carboxylic acids is 1. The topological polar surface area (TPSA) is 42.2 Å². The largest absolute Gasteiger partial charge is 0.478 e. The van der Waals surface area contributed by atoms with Gasteiger partial charge in [0.1, 0.15) is 0 Å². The first-order chi connectivity index (χ1) is 7.07. The third kappa shape index (κ3) is 2.49. The van der Waals surface area contributed by atoms with Crippen molar-refractivity contribution in [2.24, 2.45) is 0 Å². The highest BCUT2D eigenvalue weighted by molar-refractivity contribution is 5.89. The van der Waals surface area contributed by atoms with Crippen molar-refractivity contribution in [3.05, 3.63) is 36.2 Å². The first-order valence-corrected chi connectivity index (χ1v) is 5.11. The number of carbonyl (C=O) groups is 1. The Balaban J connectivity index is 3.06. The fourth-order valence-corrected chi connectivity index (χ4v) is 1.73. The van der Waals surface area contributed by atoms with Gasteiger partial charge in [-0.2, -0.15) is 0 Å². The molecule has 0 unspecified atom stereocenters. The number of carboxylic acids is 1. The number of hydrogen-bond acceptors (Lipinski definition) is 1. The van der Waals surface area contributed by atoms with Gasteiger partial charge in [-0.05, 0) is 18.4 Å². The third-order valence-electron chi connectivity index (χ3n) is 2.36. The van der Waals surface area contributed by atoms with Gasteiger partial charge in [-0.1, -0.05) is 19.9 Å². The van der Waals surface area contributed by atoms with Crippen LogP contribution in [0.15, 0.2) is 24.9 Å². The van der Waals surface area contributed by atoms with Crippen LogP contribution < -0.4 is 0 Å². The zero-order valence-electron chi connectivity index (χ0n) is 9.23. The zero-order valence-corrected chi connectivity index (χ0v) is 9.23. The number of carboxylic acid groups (broad SMARTS) is 1. The molecular formula is C12H17NO2. The molecule has 1 N–H and O–H groups in total. The Hall–Kier alpha value is -1.51. The summed E-state index contributed by atoms with van der Waals surface area (Å²) in [5.74, 6) is -0.632. The predicted molar refractivity (Wildman–Crippen MR) is 60.3 cm³/mol. The van der Waals surface area contributed by atoms with E-state index in [2.05, 4.69) is 6.58 Å². The summed E-state index contributed by atoms with van der Waals surface area (Å²) in [5, 5.41) is 9.02. The predicted octanol–water partition coefficient (Wildman–Crippen LogP) is 2.89. The molecule has 0 atom stereocenters. The molecule has 15 heavy (non-hydrogen) atoms. The van der Waals surface area contributed by atoms with E-state index in [0.29, 0.717) is 5.56 Å². The SMILES string of the molecule is C=CCCn1ccc(C(=O)O)c1C(C)C. The number of aryl methyl sites for hydroxylation is 1. The third-order valence-corrected chi connectivity index (χ3v) is 2.36. The minimum Gasteiger partial charge on any atom is -0.478 e. The quantitative estimate of drug-likeness (QED) is 0.754. The highest BCUT2D eigenvalue weighted by Gasteiger charge is 2.16. The first-order valence-electron chi connectivity index (χ1n) is 5.11. The molecule has 0 saturated carbocycles. The Labute approximate surface area is 90.0 Å². The van der Waals surface area contributed by atoms with Crippen LogP contribution in [0, 0.1) is 0 Å². The minimum absolute atomic E-state index is 0.218. The van der Waals surface area contributed by atoms with Gasteiger partial charge in [0, 0.05) is 18.4 Å². The van der Waals surface area contributed by atoms with Crippen molar-refractivity contribution in [1.82, 2.24) is 4.57 Å². The molecule has 0 aliphatic carbocycles. The van der Waals surface area contributed by atoms with E-state index in [9.17, 15) is 4.79 Å². The van der Waals surface area contributed by atoms with Crippen molar-refractivity contribution in [1.29, 1.82) is 0 Å². The van der Waals surface area contributed by atoms with Gasteiger partial charge in [-0.15, -0.1) is 6.58 Å².